The quantitative estimate of drug-likeness (QED) is 0.681. The van der Waals surface area contributed by atoms with Crippen molar-refractivity contribution in [2.24, 2.45) is 11.8 Å². The summed E-state index contributed by atoms with van der Waals surface area (Å²) in [5.74, 6) is 1.80. The minimum atomic E-state index is 0.729. The van der Waals surface area contributed by atoms with Crippen LogP contribution in [0.1, 0.15) is 46.5 Å². The van der Waals surface area contributed by atoms with E-state index in [-0.39, 0.29) is 0 Å². The van der Waals surface area contributed by atoms with E-state index < -0.39 is 0 Å². The van der Waals surface area contributed by atoms with Gasteiger partial charge in [0.2, 0.25) is 0 Å². The van der Waals surface area contributed by atoms with Crippen molar-refractivity contribution in [1.29, 1.82) is 0 Å². The van der Waals surface area contributed by atoms with Crippen molar-refractivity contribution in [3.05, 3.63) is 0 Å². The minimum Gasteiger partial charge on any atom is -0.315 e. The van der Waals surface area contributed by atoms with Gasteiger partial charge in [-0.2, -0.15) is 0 Å². The average molecular weight is 224 g/mol. The summed E-state index contributed by atoms with van der Waals surface area (Å²) in [4.78, 5) is 2.77. The first-order chi connectivity index (χ1) is 7.66. The number of nitrogens with one attached hydrogen (secondary N) is 1. The van der Waals surface area contributed by atoms with Crippen LogP contribution in [0.5, 0.6) is 0 Å². The van der Waals surface area contributed by atoms with Crippen molar-refractivity contribution in [1.82, 2.24) is 10.2 Å². The molecule has 16 heavy (non-hydrogen) atoms. The summed E-state index contributed by atoms with van der Waals surface area (Å²) in [6.45, 7) is 10.7. The van der Waals surface area contributed by atoms with Crippen molar-refractivity contribution in [3.63, 3.8) is 0 Å². The lowest BCUT2D eigenvalue weighted by atomic mass is 10.2. The Labute approximate surface area is 101 Å². The number of hydrogen-bond acceptors (Lipinski definition) is 2. The molecule has 2 rings (SSSR count). The Morgan fingerprint density at radius 1 is 1.06 bits per heavy atom. The van der Waals surface area contributed by atoms with Gasteiger partial charge in [0.05, 0.1) is 0 Å². The molecule has 1 unspecified atom stereocenters. The van der Waals surface area contributed by atoms with Crippen LogP contribution in [0, 0.1) is 11.8 Å². The third kappa shape index (κ3) is 4.06. The Morgan fingerprint density at radius 2 is 1.75 bits per heavy atom. The van der Waals surface area contributed by atoms with Crippen molar-refractivity contribution >= 4 is 0 Å². The highest BCUT2D eigenvalue weighted by Gasteiger charge is 2.35. The average Bonchev–Trinajstić information content (AvgIpc) is 3.06. The van der Waals surface area contributed by atoms with E-state index in [1.807, 2.05) is 0 Å². The molecular formula is C14H28N2. The highest BCUT2D eigenvalue weighted by Crippen LogP contribution is 2.35. The minimum absolute atomic E-state index is 0.729. The molecule has 0 aromatic carbocycles. The third-order valence-corrected chi connectivity index (χ3v) is 3.74. The Bertz CT molecular complexity index is 207. The van der Waals surface area contributed by atoms with Crippen LogP contribution in [-0.2, 0) is 0 Å². The fraction of sp³-hybridized carbons (Fsp3) is 1.00. The lowest BCUT2D eigenvalue weighted by molar-refractivity contribution is 0.185. The summed E-state index contributed by atoms with van der Waals surface area (Å²) in [5.41, 5.74) is 0. The molecular weight excluding hydrogens is 196 g/mol. The second-order valence-corrected chi connectivity index (χ2v) is 6.27. The number of nitrogens with zero attached hydrogens (tertiary/aromatic N) is 1. The van der Waals surface area contributed by atoms with Crippen LogP contribution in [0.3, 0.4) is 0 Å². The van der Waals surface area contributed by atoms with E-state index >= 15 is 0 Å². The molecule has 1 atom stereocenters. The summed E-state index contributed by atoms with van der Waals surface area (Å²) in [5, 5.41) is 3.60. The van der Waals surface area contributed by atoms with Gasteiger partial charge in [-0.15, -0.1) is 0 Å². The Balaban J connectivity index is 1.68. The van der Waals surface area contributed by atoms with E-state index in [9.17, 15) is 0 Å². The van der Waals surface area contributed by atoms with E-state index in [1.165, 1.54) is 38.8 Å². The van der Waals surface area contributed by atoms with E-state index in [0.717, 1.165) is 30.5 Å². The van der Waals surface area contributed by atoms with Crippen LogP contribution >= 0.6 is 0 Å². The molecule has 94 valence electrons. The molecule has 1 N–H and O–H groups in total. The Morgan fingerprint density at radius 3 is 2.25 bits per heavy atom. The molecule has 0 spiro atoms. The summed E-state index contributed by atoms with van der Waals surface area (Å²) in [6.07, 6.45) is 5.85. The van der Waals surface area contributed by atoms with Crippen LogP contribution in [0.2, 0.25) is 0 Å². The van der Waals surface area contributed by atoms with Gasteiger partial charge in [0.15, 0.2) is 0 Å². The summed E-state index contributed by atoms with van der Waals surface area (Å²) in [7, 11) is 0. The largest absolute Gasteiger partial charge is 0.315 e. The summed E-state index contributed by atoms with van der Waals surface area (Å²) in [6, 6.07) is 1.66. The van der Waals surface area contributed by atoms with Gasteiger partial charge < -0.3 is 5.32 Å². The van der Waals surface area contributed by atoms with Crippen LogP contribution in [-0.4, -0.2) is 36.6 Å². The smallest absolute Gasteiger partial charge is 0.0195 e. The maximum absolute atomic E-state index is 3.60. The third-order valence-electron chi connectivity index (χ3n) is 3.74. The molecule has 0 aliphatic heterocycles. The second-order valence-electron chi connectivity index (χ2n) is 6.27. The molecule has 2 aliphatic rings. The van der Waals surface area contributed by atoms with Gasteiger partial charge >= 0.3 is 0 Å². The molecule has 2 nitrogen and oxygen atoms in total. The van der Waals surface area contributed by atoms with Gasteiger partial charge in [0.25, 0.3) is 0 Å². The standard InChI is InChI=1S/C14H28N2/c1-11(2)8-15-9-12(3)16(14-6-7-14)10-13-4-5-13/h11-15H,4-10H2,1-3H3. The number of rotatable bonds is 8. The van der Waals surface area contributed by atoms with Crippen molar-refractivity contribution in [3.8, 4) is 0 Å². The van der Waals surface area contributed by atoms with Crippen LogP contribution < -0.4 is 5.32 Å². The lowest BCUT2D eigenvalue weighted by Crippen LogP contribution is -2.43. The molecule has 0 aromatic heterocycles. The molecule has 0 saturated heterocycles. The molecule has 0 aromatic rings. The molecule has 2 heteroatoms. The van der Waals surface area contributed by atoms with Crippen LogP contribution in [0.15, 0.2) is 0 Å². The van der Waals surface area contributed by atoms with Crippen molar-refractivity contribution in [2.45, 2.75) is 58.5 Å². The monoisotopic (exact) mass is 224 g/mol. The predicted molar refractivity (Wildman–Crippen MR) is 69.6 cm³/mol. The topological polar surface area (TPSA) is 15.3 Å². The van der Waals surface area contributed by atoms with E-state index in [4.69, 9.17) is 0 Å². The first-order valence-corrected chi connectivity index (χ1v) is 7.13. The maximum Gasteiger partial charge on any atom is 0.0195 e. The highest BCUT2D eigenvalue weighted by atomic mass is 15.2. The first-order valence-electron chi connectivity index (χ1n) is 7.13. The fourth-order valence-corrected chi connectivity index (χ4v) is 2.39. The van der Waals surface area contributed by atoms with Crippen LogP contribution in [0.4, 0.5) is 0 Å². The van der Waals surface area contributed by atoms with Gasteiger partial charge in [-0.05, 0) is 51.0 Å². The molecule has 2 fully saturated rings. The Kier molecular flexibility index (Phi) is 4.26. The molecule has 2 aliphatic carbocycles. The number of hydrogen-bond donors (Lipinski definition) is 1. The fourth-order valence-electron chi connectivity index (χ4n) is 2.39. The maximum atomic E-state index is 3.60. The predicted octanol–water partition coefficient (Wildman–Crippen LogP) is 2.49. The molecule has 0 amide bonds. The molecule has 2 saturated carbocycles. The van der Waals surface area contributed by atoms with Gasteiger partial charge in [-0.3, -0.25) is 4.90 Å². The molecule has 0 heterocycles. The molecule has 0 bridgehead atoms. The zero-order valence-electron chi connectivity index (χ0n) is 11.2. The van der Waals surface area contributed by atoms with Crippen LogP contribution in [0.25, 0.3) is 0 Å². The second kappa shape index (κ2) is 5.50. The van der Waals surface area contributed by atoms with E-state index in [1.54, 1.807) is 0 Å². The zero-order valence-corrected chi connectivity index (χ0v) is 11.2. The van der Waals surface area contributed by atoms with Crippen molar-refractivity contribution in [2.75, 3.05) is 19.6 Å². The lowest BCUT2D eigenvalue weighted by Gasteiger charge is -2.29. The highest BCUT2D eigenvalue weighted by molar-refractivity contribution is 4.91. The summed E-state index contributed by atoms with van der Waals surface area (Å²) >= 11 is 0. The Hall–Kier alpha value is -0.0800. The zero-order chi connectivity index (χ0) is 11.5. The normalized spacial score (nSPS) is 23.1. The summed E-state index contributed by atoms with van der Waals surface area (Å²) < 4.78 is 0. The SMILES string of the molecule is CC(C)CNCC(C)N(CC1CC1)C1CC1. The van der Waals surface area contributed by atoms with Gasteiger partial charge in [-0.25, -0.2) is 0 Å². The van der Waals surface area contributed by atoms with Gasteiger partial charge in [0, 0.05) is 25.2 Å². The van der Waals surface area contributed by atoms with Gasteiger partial charge in [0.1, 0.15) is 0 Å². The van der Waals surface area contributed by atoms with E-state index in [2.05, 4.69) is 31.0 Å². The first kappa shape index (κ1) is 12.4. The van der Waals surface area contributed by atoms with E-state index in [0.29, 0.717) is 0 Å². The van der Waals surface area contributed by atoms with Gasteiger partial charge in [-0.1, -0.05) is 13.8 Å². The van der Waals surface area contributed by atoms with Crippen molar-refractivity contribution < 1.29 is 0 Å². The molecule has 0 radical (unpaired) electrons.